The monoisotopic (exact) mass is 402 g/mol. The highest BCUT2D eigenvalue weighted by molar-refractivity contribution is 6.09. The van der Waals surface area contributed by atoms with Crippen LogP contribution < -0.4 is 15.6 Å². The number of amides is 2. The van der Waals surface area contributed by atoms with Gasteiger partial charge in [-0.05, 0) is 49.7 Å². The smallest absolute Gasteiger partial charge is 0.276 e. The molecule has 2 N–H and O–H groups in total. The van der Waals surface area contributed by atoms with Gasteiger partial charge in [0.1, 0.15) is 5.75 Å². The Hall–Kier alpha value is -3.93. The molecule has 0 radical (unpaired) electrons. The third-order valence-electron chi connectivity index (χ3n) is 4.46. The molecule has 3 aromatic rings. The number of benzene rings is 3. The van der Waals surface area contributed by atoms with E-state index in [0.717, 1.165) is 11.1 Å². The summed E-state index contributed by atoms with van der Waals surface area (Å²) in [6.45, 7) is 3.50. The van der Waals surface area contributed by atoms with Crippen LogP contribution in [0.5, 0.6) is 5.75 Å². The molecule has 152 valence electrons. The van der Waals surface area contributed by atoms with E-state index in [0.29, 0.717) is 22.4 Å². The number of hydrogen-bond donors (Lipinski definition) is 2. The topological polar surface area (TPSA) is 84.5 Å². The van der Waals surface area contributed by atoms with Crippen molar-refractivity contribution in [1.82, 2.24) is 10.9 Å². The van der Waals surface area contributed by atoms with Gasteiger partial charge >= 0.3 is 0 Å². The Kier molecular flexibility index (Phi) is 6.60. The van der Waals surface area contributed by atoms with Crippen LogP contribution in [0.25, 0.3) is 0 Å². The van der Waals surface area contributed by atoms with E-state index >= 15 is 0 Å². The predicted octanol–water partition coefficient (Wildman–Crippen LogP) is 3.37. The second-order valence-electron chi connectivity index (χ2n) is 6.83. The van der Waals surface area contributed by atoms with Gasteiger partial charge in [0.15, 0.2) is 12.4 Å². The highest BCUT2D eigenvalue weighted by atomic mass is 16.5. The zero-order chi connectivity index (χ0) is 21.5. The summed E-state index contributed by atoms with van der Waals surface area (Å²) in [5, 5.41) is 0. The van der Waals surface area contributed by atoms with Gasteiger partial charge in [-0.2, -0.15) is 0 Å². The molecule has 0 bridgehead atoms. The Morgan fingerprint density at radius 3 is 2.13 bits per heavy atom. The summed E-state index contributed by atoms with van der Waals surface area (Å²) in [5.41, 5.74) is 8.19. The fourth-order valence-corrected chi connectivity index (χ4v) is 2.91. The summed E-state index contributed by atoms with van der Waals surface area (Å²) in [6.07, 6.45) is 0. The number of nitrogens with one attached hydrogen (secondary N) is 2. The minimum atomic E-state index is -0.502. The molecule has 0 fully saturated rings. The lowest BCUT2D eigenvalue weighted by Crippen LogP contribution is -2.44. The van der Waals surface area contributed by atoms with Gasteiger partial charge in [-0.3, -0.25) is 25.2 Å². The third kappa shape index (κ3) is 5.32. The molecule has 3 rings (SSSR count). The third-order valence-corrected chi connectivity index (χ3v) is 4.46. The fourth-order valence-electron chi connectivity index (χ4n) is 2.91. The maximum atomic E-state index is 12.4. The molecular formula is C24H22N2O4. The molecule has 30 heavy (non-hydrogen) atoms. The number of hydrazine groups is 1. The van der Waals surface area contributed by atoms with Gasteiger partial charge in [-0.15, -0.1) is 0 Å². The van der Waals surface area contributed by atoms with Gasteiger partial charge in [-0.1, -0.05) is 48.0 Å². The molecule has 0 unspecified atom stereocenters. The number of rotatable bonds is 6. The standard InChI is InChI=1S/C24H22N2O4/c1-16-8-13-21(17(2)14-16)24(29)26-25-22(27)15-30-20-11-9-19(10-12-20)23(28)18-6-4-3-5-7-18/h3-14H,15H2,1-2H3,(H,25,27)(H,26,29). The molecule has 0 aliphatic rings. The molecular weight excluding hydrogens is 380 g/mol. The molecule has 0 spiro atoms. The van der Waals surface area contributed by atoms with Crippen molar-refractivity contribution >= 4 is 17.6 Å². The number of carbonyl (C=O) groups is 3. The Morgan fingerprint density at radius 1 is 0.800 bits per heavy atom. The molecule has 6 heteroatoms. The van der Waals surface area contributed by atoms with Gasteiger partial charge in [0.25, 0.3) is 11.8 Å². The maximum Gasteiger partial charge on any atom is 0.276 e. The average Bonchev–Trinajstić information content (AvgIpc) is 2.76. The first-order valence-electron chi connectivity index (χ1n) is 9.43. The molecule has 0 atom stereocenters. The molecule has 0 heterocycles. The first-order chi connectivity index (χ1) is 14.4. The average molecular weight is 402 g/mol. The summed E-state index contributed by atoms with van der Waals surface area (Å²) in [4.78, 5) is 36.5. The van der Waals surface area contributed by atoms with Crippen molar-refractivity contribution < 1.29 is 19.1 Å². The van der Waals surface area contributed by atoms with E-state index < -0.39 is 11.8 Å². The zero-order valence-electron chi connectivity index (χ0n) is 16.8. The van der Waals surface area contributed by atoms with E-state index in [2.05, 4.69) is 10.9 Å². The van der Waals surface area contributed by atoms with Crippen LogP contribution in [0.2, 0.25) is 0 Å². The minimum Gasteiger partial charge on any atom is -0.484 e. The highest BCUT2D eigenvalue weighted by Crippen LogP contribution is 2.15. The lowest BCUT2D eigenvalue weighted by molar-refractivity contribution is -0.123. The minimum absolute atomic E-state index is 0.0889. The van der Waals surface area contributed by atoms with Gasteiger partial charge in [0.05, 0.1) is 0 Å². The van der Waals surface area contributed by atoms with Crippen molar-refractivity contribution in [2.24, 2.45) is 0 Å². The van der Waals surface area contributed by atoms with Crippen molar-refractivity contribution in [2.75, 3.05) is 6.61 Å². The van der Waals surface area contributed by atoms with E-state index in [1.807, 2.05) is 44.2 Å². The van der Waals surface area contributed by atoms with E-state index in [1.165, 1.54) is 0 Å². The molecule has 0 aromatic heterocycles. The second-order valence-corrected chi connectivity index (χ2v) is 6.83. The van der Waals surface area contributed by atoms with Crippen LogP contribution in [0, 0.1) is 13.8 Å². The second kappa shape index (κ2) is 9.52. The molecule has 3 aromatic carbocycles. The van der Waals surface area contributed by atoms with Crippen LogP contribution in [0.3, 0.4) is 0 Å². The number of carbonyl (C=O) groups excluding carboxylic acids is 3. The van der Waals surface area contributed by atoms with E-state index in [4.69, 9.17) is 4.74 Å². The molecule has 0 saturated carbocycles. The Morgan fingerprint density at radius 2 is 1.47 bits per heavy atom. The number of hydrogen-bond acceptors (Lipinski definition) is 4. The maximum absolute atomic E-state index is 12.4. The fraction of sp³-hybridized carbons (Fsp3) is 0.125. The Bertz CT molecular complexity index is 1060. The summed E-state index contributed by atoms with van der Waals surface area (Å²) in [7, 11) is 0. The number of ether oxygens (including phenoxy) is 1. The van der Waals surface area contributed by atoms with Crippen LogP contribution in [0.4, 0.5) is 0 Å². The largest absolute Gasteiger partial charge is 0.484 e. The first-order valence-corrected chi connectivity index (χ1v) is 9.43. The Labute approximate surface area is 174 Å². The van der Waals surface area contributed by atoms with Crippen molar-refractivity contribution in [1.29, 1.82) is 0 Å². The Balaban J connectivity index is 1.49. The first kappa shape index (κ1) is 20.8. The summed E-state index contributed by atoms with van der Waals surface area (Å²) < 4.78 is 5.41. The van der Waals surface area contributed by atoms with E-state index in [-0.39, 0.29) is 12.4 Å². The van der Waals surface area contributed by atoms with Crippen LogP contribution >= 0.6 is 0 Å². The van der Waals surface area contributed by atoms with Crippen LogP contribution in [-0.4, -0.2) is 24.2 Å². The van der Waals surface area contributed by atoms with E-state index in [1.54, 1.807) is 42.5 Å². The van der Waals surface area contributed by atoms with Crippen molar-refractivity contribution in [3.63, 3.8) is 0 Å². The molecule has 0 saturated heterocycles. The lowest BCUT2D eigenvalue weighted by Gasteiger charge is -2.11. The normalized spacial score (nSPS) is 10.2. The van der Waals surface area contributed by atoms with Gasteiger partial charge in [-0.25, -0.2) is 0 Å². The van der Waals surface area contributed by atoms with Crippen molar-refractivity contribution in [2.45, 2.75) is 13.8 Å². The van der Waals surface area contributed by atoms with Gasteiger partial charge in [0, 0.05) is 16.7 Å². The van der Waals surface area contributed by atoms with Crippen molar-refractivity contribution in [3.8, 4) is 5.75 Å². The molecule has 0 aliphatic heterocycles. The zero-order valence-corrected chi connectivity index (χ0v) is 16.8. The number of ketones is 1. The summed E-state index contributed by atoms with van der Waals surface area (Å²) in [6, 6.07) is 20.9. The quantitative estimate of drug-likeness (QED) is 0.489. The molecule has 2 amide bonds. The van der Waals surface area contributed by atoms with Crippen LogP contribution in [0.1, 0.15) is 37.4 Å². The molecule has 6 nitrogen and oxygen atoms in total. The molecule has 0 aliphatic carbocycles. The summed E-state index contributed by atoms with van der Waals surface area (Å²) in [5.74, 6) is -0.549. The van der Waals surface area contributed by atoms with Gasteiger partial charge in [0.2, 0.25) is 0 Å². The van der Waals surface area contributed by atoms with Gasteiger partial charge < -0.3 is 4.74 Å². The van der Waals surface area contributed by atoms with Crippen molar-refractivity contribution in [3.05, 3.63) is 101 Å². The SMILES string of the molecule is Cc1ccc(C(=O)NNC(=O)COc2ccc(C(=O)c3ccccc3)cc2)c(C)c1. The van der Waals surface area contributed by atoms with E-state index in [9.17, 15) is 14.4 Å². The number of aryl methyl sites for hydroxylation is 2. The predicted molar refractivity (Wildman–Crippen MR) is 113 cm³/mol. The van der Waals surface area contributed by atoms with Crippen LogP contribution in [0.15, 0.2) is 72.8 Å². The van der Waals surface area contributed by atoms with Crippen LogP contribution in [-0.2, 0) is 4.79 Å². The highest BCUT2D eigenvalue weighted by Gasteiger charge is 2.11. The lowest BCUT2D eigenvalue weighted by atomic mass is 10.0. The summed E-state index contributed by atoms with van der Waals surface area (Å²) >= 11 is 0.